The molecule has 6 nitrogen and oxygen atoms in total. The number of halogens is 2. The van der Waals surface area contributed by atoms with Crippen LogP contribution in [0.3, 0.4) is 0 Å². The normalized spacial score (nSPS) is 18.0. The predicted octanol–water partition coefficient (Wildman–Crippen LogP) is 2.54. The number of amides is 3. The Labute approximate surface area is 172 Å². The zero-order chi connectivity index (χ0) is 21.4. The second kappa shape index (κ2) is 7.85. The van der Waals surface area contributed by atoms with E-state index >= 15 is 0 Å². The van der Waals surface area contributed by atoms with Gasteiger partial charge in [-0.15, -0.1) is 0 Å². The van der Waals surface area contributed by atoms with Crippen LogP contribution in [0.5, 0.6) is 0 Å². The number of nitrogens with zero attached hydrogens (tertiary/aromatic N) is 2. The highest BCUT2D eigenvalue weighted by Gasteiger charge is 2.35. The van der Waals surface area contributed by atoms with Gasteiger partial charge in [-0.2, -0.15) is 0 Å². The summed E-state index contributed by atoms with van der Waals surface area (Å²) < 4.78 is 26.6. The van der Waals surface area contributed by atoms with Crippen LogP contribution in [0.25, 0.3) is 0 Å². The van der Waals surface area contributed by atoms with E-state index in [1.807, 2.05) is 12.1 Å². The largest absolute Gasteiger partial charge is 0.352 e. The van der Waals surface area contributed by atoms with Gasteiger partial charge in [0.05, 0.1) is 5.92 Å². The van der Waals surface area contributed by atoms with Crippen molar-refractivity contribution in [2.45, 2.75) is 26.3 Å². The average molecular weight is 413 g/mol. The van der Waals surface area contributed by atoms with Gasteiger partial charge in [0.15, 0.2) is 0 Å². The van der Waals surface area contributed by atoms with Gasteiger partial charge >= 0.3 is 0 Å². The van der Waals surface area contributed by atoms with Gasteiger partial charge in [-0.25, -0.2) is 8.78 Å². The number of anilines is 2. The van der Waals surface area contributed by atoms with Crippen LogP contribution in [0.2, 0.25) is 0 Å². The number of benzene rings is 2. The van der Waals surface area contributed by atoms with E-state index in [1.165, 1.54) is 6.92 Å². The second-order valence-corrected chi connectivity index (χ2v) is 7.63. The van der Waals surface area contributed by atoms with Gasteiger partial charge in [0.1, 0.15) is 11.6 Å². The van der Waals surface area contributed by atoms with Gasteiger partial charge in [-0.1, -0.05) is 0 Å². The Morgan fingerprint density at radius 2 is 1.87 bits per heavy atom. The Kier molecular flexibility index (Phi) is 5.24. The van der Waals surface area contributed by atoms with Crippen molar-refractivity contribution in [1.82, 2.24) is 5.32 Å². The minimum Gasteiger partial charge on any atom is -0.352 e. The lowest BCUT2D eigenvalue weighted by atomic mass is 10.1. The molecule has 1 atom stereocenters. The number of nitrogens with one attached hydrogen (secondary N) is 1. The Bertz CT molecular complexity index is 1020. The molecule has 0 unspecified atom stereocenters. The highest BCUT2D eigenvalue weighted by atomic mass is 19.1. The summed E-state index contributed by atoms with van der Waals surface area (Å²) in [5.41, 5.74) is 2.87. The lowest BCUT2D eigenvalue weighted by Crippen LogP contribution is -2.32. The summed E-state index contributed by atoms with van der Waals surface area (Å²) in [6, 6.07) is 8.60. The maximum Gasteiger partial charge on any atom is 0.227 e. The molecule has 0 saturated carbocycles. The molecule has 0 aromatic heterocycles. The molecule has 2 aliphatic rings. The molecule has 156 valence electrons. The molecule has 2 heterocycles. The smallest absolute Gasteiger partial charge is 0.227 e. The highest BCUT2D eigenvalue weighted by Crippen LogP contribution is 2.34. The summed E-state index contributed by atoms with van der Waals surface area (Å²) in [5, 5.41) is 2.65. The fraction of sp³-hybridized carbons (Fsp3) is 0.318. The Balaban J connectivity index is 1.42. The van der Waals surface area contributed by atoms with Crippen LogP contribution in [0.4, 0.5) is 20.2 Å². The van der Waals surface area contributed by atoms with Crippen molar-refractivity contribution in [2.24, 2.45) is 5.92 Å². The molecule has 2 aromatic carbocycles. The molecule has 30 heavy (non-hydrogen) atoms. The molecule has 4 rings (SSSR count). The van der Waals surface area contributed by atoms with Crippen molar-refractivity contribution in [3.8, 4) is 0 Å². The molecule has 0 bridgehead atoms. The second-order valence-electron chi connectivity index (χ2n) is 7.63. The summed E-state index contributed by atoms with van der Waals surface area (Å²) in [5.74, 6) is -2.47. The Hall–Kier alpha value is -3.29. The van der Waals surface area contributed by atoms with E-state index in [1.54, 1.807) is 15.9 Å². The van der Waals surface area contributed by atoms with Crippen LogP contribution in [-0.4, -0.2) is 30.8 Å². The van der Waals surface area contributed by atoms with E-state index < -0.39 is 17.6 Å². The lowest BCUT2D eigenvalue weighted by Gasteiger charge is -2.19. The Morgan fingerprint density at radius 3 is 2.57 bits per heavy atom. The quantitative estimate of drug-likeness (QED) is 0.838. The first-order chi connectivity index (χ1) is 14.3. The van der Waals surface area contributed by atoms with Gasteiger partial charge in [-0.3, -0.25) is 14.4 Å². The third-order valence-electron chi connectivity index (χ3n) is 5.54. The molecule has 3 amide bonds. The third-order valence-corrected chi connectivity index (χ3v) is 5.54. The van der Waals surface area contributed by atoms with Gasteiger partial charge in [0.2, 0.25) is 17.7 Å². The van der Waals surface area contributed by atoms with Crippen LogP contribution >= 0.6 is 0 Å². The van der Waals surface area contributed by atoms with Gasteiger partial charge in [0.25, 0.3) is 0 Å². The van der Waals surface area contributed by atoms with Crippen molar-refractivity contribution in [2.75, 3.05) is 22.9 Å². The van der Waals surface area contributed by atoms with Gasteiger partial charge in [-0.05, 0) is 47.9 Å². The number of hydrogen-bond acceptors (Lipinski definition) is 3. The number of rotatable bonds is 4. The summed E-state index contributed by atoms with van der Waals surface area (Å²) in [4.78, 5) is 40.0. The molecular weight excluding hydrogens is 392 g/mol. The van der Waals surface area contributed by atoms with E-state index in [2.05, 4.69) is 5.32 Å². The topological polar surface area (TPSA) is 69.7 Å². The molecule has 0 radical (unpaired) electrons. The van der Waals surface area contributed by atoms with E-state index in [0.29, 0.717) is 17.8 Å². The van der Waals surface area contributed by atoms with E-state index in [9.17, 15) is 23.2 Å². The summed E-state index contributed by atoms with van der Waals surface area (Å²) in [7, 11) is 0. The molecule has 8 heteroatoms. The molecule has 2 aromatic rings. The maximum atomic E-state index is 13.3. The number of fused-ring (bicyclic) bond motifs is 1. The Morgan fingerprint density at radius 1 is 1.13 bits per heavy atom. The molecule has 1 fully saturated rings. The van der Waals surface area contributed by atoms with Crippen molar-refractivity contribution < 1.29 is 23.2 Å². The van der Waals surface area contributed by atoms with Crippen LogP contribution < -0.4 is 15.1 Å². The number of carbonyl (C=O) groups excluding carboxylic acids is 3. The van der Waals surface area contributed by atoms with Crippen molar-refractivity contribution in [3.05, 3.63) is 59.2 Å². The fourth-order valence-electron chi connectivity index (χ4n) is 4.06. The van der Waals surface area contributed by atoms with Crippen molar-refractivity contribution in [1.29, 1.82) is 0 Å². The summed E-state index contributed by atoms with van der Waals surface area (Å²) in [6.07, 6.45) is 0.791. The van der Waals surface area contributed by atoms with Crippen molar-refractivity contribution >= 4 is 29.1 Å². The first kappa shape index (κ1) is 20.0. The minimum absolute atomic E-state index is 0.0159. The van der Waals surface area contributed by atoms with Gasteiger partial charge in [0, 0.05) is 50.4 Å². The first-order valence-corrected chi connectivity index (χ1v) is 9.76. The fourth-order valence-corrected chi connectivity index (χ4v) is 4.06. The zero-order valence-corrected chi connectivity index (χ0v) is 16.5. The molecule has 0 spiro atoms. The lowest BCUT2D eigenvalue weighted by molar-refractivity contribution is -0.126. The van der Waals surface area contributed by atoms with Crippen LogP contribution in [-0.2, 0) is 27.3 Å². The maximum absolute atomic E-state index is 13.3. The van der Waals surface area contributed by atoms with Gasteiger partial charge < -0.3 is 15.1 Å². The molecular formula is C22H21F2N3O3. The highest BCUT2D eigenvalue weighted by molar-refractivity contribution is 6.01. The molecule has 1 N–H and O–H groups in total. The summed E-state index contributed by atoms with van der Waals surface area (Å²) in [6.45, 7) is 2.36. The average Bonchev–Trinajstić information content (AvgIpc) is 3.28. The molecule has 1 saturated heterocycles. The standard InChI is InChI=1S/C22H21F2N3O3/c1-13(28)26-5-4-15-8-19(2-3-20(15)26)27-12-16(9-21(27)29)22(30)25-11-14-6-17(23)10-18(24)7-14/h2-3,6-8,10,16H,4-5,9,11-12H2,1H3,(H,25,30)/t16-/m0/s1. The number of carbonyl (C=O) groups is 3. The molecule has 0 aliphatic carbocycles. The van der Waals surface area contributed by atoms with E-state index in [-0.39, 0.29) is 37.2 Å². The summed E-state index contributed by atoms with van der Waals surface area (Å²) >= 11 is 0. The van der Waals surface area contributed by atoms with Crippen LogP contribution in [0.1, 0.15) is 24.5 Å². The van der Waals surface area contributed by atoms with E-state index in [0.717, 1.165) is 35.9 Å². The molecule has 2 aliphatic heterocycles. The monoisotopic (exact) mass is 413 g/mol. The number of hydrogen-bond donors (Lipinski definition) is 1. The predicted molar refractivity (Wildman–Crippen MR) is 107 cm³/mol. The first-order valence-electron chi connectivity index (χ1n) is 9.76. The van der Waals surface area contributed by atoms with Crippen molar-refractivity contribution in [3.63, 3.8) is 0 Å². The van der Waals surface area contributed by atoms with Crippen LogP contribution in [0, 0.1) is 17.6 Å². The third kappa shape index (κ3) is 3.90. The van der Waals surface area contributed by atoms with E-state index in [4.69, 9.17) is 0 Å². The minimum atomic E-state index is -0.707. The zero-order valence-electron chi connectivity index (χ0n) is 16.5. The SMILES string of the molecule is CC(=O)N1CCc2cc(N3C[C@@H](C(=O)NCc4cc(F)cc(F)c4)CC3=O)ccc21. The van der Waals surface area contributed by atoms with Crippen LogP contribution in [0.15, 0.2) is 36.4 Å².